The van der Waals surface area contributed by atoms with E-state index in [-0.39, 0.29) is 5.60 Å². The van der Waals surface area contributed by atoms with E-state index in [1.54, 1.807) is 18.4 Å². The van der Waals surface area contributed by atoms with Crippen molar-refractivity contribution in [3.05, 3.63) is 16.3 Å². The Bertz CT molecular complexity index is 411. The molecule has 1 spiro atoms. The summed E-state index contributed by atoms with van der Waals surface area (Å²) in [6, 6.07) is 1.93. The zero-order chi connectivity index (χ0) is 12.6. The van der Waals surface area contributed by atoms with Gasteiger partial charge in [0.1, 0.15) is 5.75 Å². The monoisotopic (exact) mass is 268 g/mol. The molecule has 1 N–H and O–H groups in total. The van der Waals surface area contributed by atoms with Gasteiger partial charge in [0, 0.05) is 6.61 Å². The predicted octanol–water partition coefficient (Wildman–Crippen LogP) is 3.14. The Morgan fingerprint density at radius 1 is 1.56 bits per heavy atom. The van der Waals surface area contributed by atoms with Gasteiger partial charge in [-0.2, -0.15) is 0 Å². The highest BCUT2D eigenvalue weighted by atomic mass is 32.1. The van der Waals surface area contributed by atoms with Gasteiger partial charge in [0.25, 0.3) is 0 Å². The van der Waals surface area contributed by atoms with Crippen LogP contribution in [0.25, 0.3) is 0 Å². The molecule has 3 nitrogen and oxygen atoms in total. The van der Waals surface area contributed by atoms with Crippen molar-refractivity contribution in [3.63, 3.8) is 0 Å². The third-order valence-corrected chi connectivity index (χ3v) is 5.36. The number of rotatable bonds is 3. The topological polar surface area (TPSA) is 38.7 Å². The molecular formula is C14H20O3S. The summed E-state index contributed by atoms with van der Waals surface area (Å²) in [4.78, 5) is 0.971. The minimum absolute atomic E-state index is 0.0917. The lowest BCUT2D eigenvalue weighted by atomic mass is 9.70. The summed E-state index contributed by atoms with van der Waals surface area (Å²) in [5.41, 5.74) is 0.0917. The molecule has 1 saturated heterocycles. The normalized spacial score (nSPS) is 27.8. The highest BCUT2D eigenvalue weighted by Gasteiger charge is 2.44. The molecular weight excluding hydrogens is 248 g/mol. The molecule has 2 unspecified atom stereocenters. The van der Waals surface area contributed by atoms with Gasteiger partial charge >= 0.3 is 0 Å². The Kier molecular flexibility index (Phi) is 3.34. The molecule has 0 bridgehead atoms. The summed E-state index contributed by atoms with van der Waals surface area (Å²) in [6.07, 6.45) is 5.14. The van der Waals surface area contributed by atoms with Crippen LogP contribution in [-0.2, 0) is 4.74 Å². The molecule has 100 valence electrons. The van der Waals surface area contributed by atoms with E-state index in [4.69, 9.17) is 9.47 Å². The van der Waals surface area contributed by atoms with Crippen molar-refractivity contribution in [1.29, 1.82) is 0 Å². The van der Waals surface area contributed by atoms with Crippen LogP contribution in [0.4, 0.5) is 0 Å². The van der Waals surface area contributed by atoms with E-state index < -0.39 is 6.10 Å². The van der Waals surface area contributed by atoms with Gasteiger partial charge in [-0.25, -0.2) is 0 Å². The number of thiophene rings is 1. The average molecular weight is 268 g/mol. The summed E-state index contributed by atoms with van der Waals surface area (Å²) < 4.78 is 11.2. The molecule has 1 saturated carbocycles. The van der Waals surface area contributed by atoms with Crippen molar-refractivity contribution in [3.8, 4) is 5.75 Å². The molecule has 18 heavy (non-hydrogen) atoms. The summed E-state index contributed by atoms with van der Waals surface area (Å²) in [6.45, 7) is 0.787. The van der Waals surface area contributed by atoms with Gasteiger partial charge in [-0.1, -0.05) is 0 Å². The van der Waals surface area contributed by atoms with Crippen LogP contribution in [0.1, 0.15) is 43.1 Å². The lowest BCUT2D eigenvalue weighted by Gasteiger charge is -2.48. The van der Waals surface area contributed by atoms with Crippen molar-refractivity contribution < 1.29 is 14.6 Å². The summed E-state index contributed by atoms with van der Waals surface area (Å²) in [5.74, 6) is 1.13. The van der Waals surface area contributed by atoms with E-state index in [0.29, 0.717) is 5.92 Å². The molecule has 0 radical (unpaired) electrons. The average Bonchev–Trinajstić information content (AvgIpc) is 2.84. The van der Waals surface area contributed by atoms with Crippen LogP contribution in [0.2, 0.25) is 0 Å². The quantitative estimate of drug-likeness (QED) is 0.915. The standard InChI is InChI=1S/C14H20O3S/c1-16-11-4-8-18-13(11)12(15)10-3-7-17-14(9-10)5-2-6-14/h4,8,10,12,15H,2-3,5-7,9H2,1H3. The van der Waals surface area contributed by atoms with E-state index in [1.165, 1.54) is 6.42 Å². The maximum Gasteiger partial charge on any atom is 0.135 e. The maximum absolute atomic E-state index is 10.6. The number of hydrogen-bond acceptors (Lipinski definition) is 4. The largest absolute Gasteiger partial charge is 0.495 e. The SMILES string of the molecule is COc1ccsc1C(O)C1CCOC2(CCC2)C1. The van der Waals surface area contributed by atoms with Gasteiger partial charge in [-0.3, -0.25) is 0 Å². The second-order valence-corrected chi connectivity index (χ2v) is 6.38. The third-order valence-electron chi connectivity index (χ3n) is 4.39. The Morgan fingerprint density at radius 2 is 2.39 bits per heavy atom. The van der Waals surface area contributed by atoms with Gasteiger partial charge in [0.2, 0.25) is 0 Å². The van der Waals surface area contributed by atoms with Crippen molar-refractivity contribution in [2.75, 3.05) is 13.7 Å². The predicted molar refractivity (Wildman–Crippen MR) is 71.1 cm³/mol. The molecule has 2 aliphatic rings. The van der Waals surface area contributed by atoms with E-state index >= 15 is 0 Å². The number of methoxy groups -OCH3 is 1. The van der Waals surface area contributed by atoms with Crippen LogP contribution in [0.15, 0.2) is 11.4 Å². The first-order valence-corrected chi connectivity index (χ1v) is 7.55. The van der Waals surface area contributed by atoms with Gasteiger partial charge in [-0.15, -0.1) is 11.3 Å². The van der Waals surface area contributed by atoms with E-state index in [1.807, 2.05) is 11.4 Å². The second-order valence-electron chi connectivity index (χ2n) is 5.44. The minimum atomic E-state index is -0.402. The third kappa shape index (κ3) is 2.06. The van der Waals surface area contributed by atoms with E-state index in [0.717, 1.165) is 42.9 Å². The second kappa shape index (κ2) is 4.83. The van der Waals surface area contributed by atoms with Crippen molar-refractivity contribution in [1.82, 2.24) is 0 Å². The molecule has 2 heterocycles. The first-order valence-electron chi connectivity index (χ1n) is 6.67. The molecule has 2 atom stereocenters. The van der Waals surface area contributed by atoms with Crippen LogP contribution >= 0.6 is 11.3 Å². The fourth-order valence-electron chi connectivity index (χ4n) is 3.16. The van der Waals surface area contributed by atoms with Gasteiger partial charge in [0.05, 0.1) is 23.7 Å². The molecule has 2 fully saturated rings. The maximum atomic E-state index is 10.6. The molecule has 1 aromatic heterocycles. The number of ether oxygens (including phenoxy) is 2. The van der Waals surface area contributed by atoms with Crippen LogP contribution in [0.5, 0.6) is 5.75 Å². The fourth-order valence-corrected chi connectivity index (χ4v) is 4.10. The minimum Gasteiger partial charge on any atom is -0.495 e. The highest BCUT2D eigenvalue weighted by Crippen LogP contribution is 2.48. The number of aliphatic hydroxyl groups excluding tert-OH is 1. The lowest BCUT2D eigenvalue weighted by molar-refractivity contribution is -0.157. The van der Waals surface area contributed by atoms with Gasteiger partial charge in [0.15, 0.2) is 0 Å². The smallest absolute Gasteiger partial charge is 0.135 e. The zero-order valence-corrected chi connectivity index (χ0v) is 11.5. The first-order chi connectivity index (χ1) is 8.74. The lowest BCUT2D eigenvalue weighted by Crippen LogP contribution is -2.46. The fraction of sp³-hybridized carbons (Fsp3) is 0.714. The molecule has 4 heteroatoms. The molecule has 0 amide bonds. The van der Waals surface area contributed by atoms with E-state index in [9.17, 15) is 5.11 Å². The Labute approximate surface area is 112 Å². The summed E-state index contributed by atoms with van der Waals surface area (Å²) in [5, 5.41) is 12.6. The highest BCUT2D eigenvalue weighted by molar-refractivity contribution is 7.10. The Hall–Kier alpha value is -0.580. The van der Waals surface area contributed by atoms with Crippen molar-refractivity contribution in [2.45, 2.75) is 43.8 Å². The summed E-state index contributed by atoms with van der Waals surface area (Å²) in [7, 11) is 1.66. The first kappa shape index (κ1) is 12.5. The van der Waals surface area contributed by atoms with Crippen LogP contribution in [0, 0.1) is 5.92 Å². The molecule has 3 rings (SSSR count). The van der Waals surface area contributed by atoms with Gasteiger partial charge in [-0.05, 0) is 49.5 Å². The zero-order valence-electron chi connectivity index (χ0n) is 10.7. The molecule has 1 aliphatic heterocycles. The van der Waals surface area contributed by atoms with Crippen molar-refractivity contribution >= 4 is 11.3 Å². The number of hydrogen-bond donors (Lipinski definition) is 1. The molecule has 1 aromatic rings. The van der Waals surface area contributed by atoms with Crippen LogP contribution in [0.3, 0.4) is 0 Å². The molecule has 1 aliphatic carbocycles. The van der Waals surface area contributed by atoms with Crippen LogP contribution in [-0.4, -0.2) is 24.4 Å². The van der Waals surface area contributed by atoms with Crippen LogP contribution < -0.4 is 4.74 Å². The molecule has 0 aromatic carbocycles. The Balaban J connectivity index is 1.73. The number of aliphatic hydroxyl groups is 1. The Morgan fingerprint density at radius 3 is 3.06 bits per heavy atom. The van der Waals surface area contributed by atoms with E-state index in [2.05, 4.69) is 0 Å². The van der Waals surface area contributed by atoms with Crippen molar-refractivity contribution in [2.24, 2.45) is 5.92 Å². The van der Waals surface area contributed by atoms with Gasteiger partial charge < -0.3 is 14.6 Å². The summed E-state index contributed by atoms with van der Waals surface area (Å²) >= 11 is 1.59.